The Hall–Kier alpha value is -1.55. The Labute approximate surface area is 132 Å². The molecule has 1 heterocycles. The van der Waals surface area contributed by atoms with Gasteiger partial charge < -0.3 is 5.73 Å². The number of halogens is 1. The fourth-order valence-corrected chi connectivity index (χ4v) is 2.51. The van der Waals surface area contributed by atoms with Gasteiger partial charge in [-0.3, -0.25) is 0 Å². The fraction of sp³-hybridized carbons (Fsp3) is 0.333. The predicted octanol–water partition coefficient (Wildman–Crippen LogP) is 3.52. The second-order valence-electron chi connectivity index (χ2n) is 5.96. The number of nitrogens with zero attached hydrogens (tertiary/aromatic N) is 3. The Bertz CT molecular complexity index is 674. The summed E-state index contributed by atoms with van der Waals surface area (Å²) >= 11 is 2.24. The van der Waals surface area contributed by atoms with Gasteiger partial charge in [-0.15, -0.1) is 0 Å². The van der Waals surface area contributed by atoms with E-state index in [0.29, 0.717) is 11.4 Å². The normalized spacial score (nSPS) is 11.3. The topological polar surface area (TPSA) is 67.6 Å². The van der Waals surface area contributed by atoms with Crippen LogP contribution < -0.4 is 5.73 Å². The maximum atomic E-state index is 8.98. The van der Waals surface area contributed by atoms with Gasteiger partial charge in [0.15, 0.2) is 0 Å². The molecule has 20 heavy (non-hydrogen) atoms. The lowest BCUT2D eigenvalue weighted by molar-refractivity contribution is 0.404. The van der Waals surface area contributed by atoms with Crippen LogP contribution in [0.5, 0.6) is 0 Å². The van der Waals surface area contributed by atoms with Gasteiger partial charge in [-0.25, -0.2) is 4.68 Å². The van der Waals surface area contributed by atoms with Crippen LogP contribution in [-0.4, -0.2) is 9.78 Å². The molecule has 1 aromatic carbocycles. The Morgan fingerprint density at radius 3 is 2.70 bits per heavy atom. The molecule has 1 aromatic heterocycles. The minimum absolute atomic E-state index is 0.153. The van der Waals surface area contributed by atoms with Gasteiger partial charge in [-0.05, 0) is 52.6 Å². The third-order valence-electron chi connectivity index (χ3n) is 2.84. The van der Waals surface area contributed by atoms with E-state index in [2.05, 4.69) is 54.5 Å². The number of anilines is 1. The first kappa shape index (κ1) is 14.9. The SMILES string of the molecule is CC(C)(C)Cc1nn(-c2cccc(C#N)c2)c(N)c1I. The van der Waals surface area contributed by atoms with Gasteiger partial charge in [0, 0.05) is 0 Å². The average Bonchev–Trinajstić information content (AvgIpc) is 2.65. The first-order chi connectivity index (χ1) is 9.31. The third kappa shape index (κ3) is 3.12. The second kappa shape index (κ2) is 5.44. The number of hydrogen-bond donors (Lipinski definition) is 1. The van der Waals surface area contributed by atoms with Crippen LogP contribution in [0.4, 0.5) is 5.82 Å². The quantitative estimate of drug-likeness (QED) is 0.811. The van der Waals surface area contributed by atoms with Crippen LogP contribution in [-0.2, 0) is 6.42 Å². The zero-order valence-electron chi connectivity index (χ0n) is 11.8. The van der Waals surface area contributed by atoms with Crippen molar-refractivity contribution in [3.63, 3.8) is 0 Å². The van der Waals surface area contributed by atoms with Gasteiger partial charge in [0.25, 0.3) is 0 Å². The van der Waals surface area contributed by atoms with Crippen molar-refractivity contribution in [2.45, 2.75) is 27.2 Å². The van der Waals surface area contributed by atoms with E-state index >= 15 is 0 Å². The van der Waals surface area contributed by atoms with Crippen molar-refractivity contribution >= 4 is 28.4 Å². The van der Waals surface area contributed by atoms with Crippen LogP contribution in [0.25, 0.3) is 5.69 Å². The summed E-state index contributed by atoms with van der Waals surface area (Å²) in [6, 6.07) is 9.43. The lowest BCUT2D eigenvalue weighted by atomic mass is 9.91. The van der Waals surface area contributed by atoms with Crippen molar-refractivity contribution in [1.82, 2.24) is 9.78 Å². The van der Waals surface area contributed by atoms with Crippen molar-refractivity contribution in [2.24, 2.45) is 5.41 Å². The molecule has 5 heteroatoms. The second-order valence-corrected chi connectivity index (χ2v) is 7.04. The van der Waals surface area contributed by atoms with E-state index in [-0.39, 0.29) is 5.41 Å². The van der Waals surface area contributed by atoms with Crippen LogP contribution >= 0.6 is 22.6 Å². The molecule has 0 aliphatic carbocycles. The number of rotatable bonds is 2. The van der Waals surface area contributed by atoms with E-state index < -0.39 is 0 Å². The van der Waals surface area contributed by atoms with Crippen LogP contribution in [0.3, 0.4) is 0 Å². The zero-order chi connectivity index (χ0) is 14.9. The molecule has 0 bridgehead atoms. The highest BCUT2D eigenvalue weighted by atomic mass is 127. The highest BCUT2D eigenvalue weighted by Gasteiger charge is 2.20. The largest absolute Gasteiger partial charge is 0.383 e. The number of nitrogens with two attached hydrogens (primary N) is 1. The summed E-state index contributed by atoms with van der Waals surface area (Å²) in [7, 11) is 0. The summed E-state index contributed by atoms with van der Waals surface area (Å²) in [6.45, 7) is 6.53. The molecule has 0 radical (unpaired) electrons. The molecule has 2 aromatic rings. The van der Waals surface area contributed by atoms with Crippen LogP contribution in [0.2, 0.25) is 0 Å². The molecule has 0 aliphatic rings. The number of nitrogen functional groups attached to an aromatic ring is 1. The standard InChI is InChI=1S/C15H17IN4/c1-15(2,3)8-12-13(16)14(18)20(19-12)11-6-4-5-10(7-11)9-17/h4-7H,8,18H2,1-3H3. The first-order valence-electron chi connectivity index (χ1n) is 6.35. The third-order valence-corrected chi connectivity index (χ3v) is 4.02. The van der Waals surface area contributed by atoms with E-state index in [9.17, 15) is 0 Å². The molecule has 2 rings (SSSR count). The highest BCUT2D eigenvalue weighted by Crippen LogP contribution is 2.28. The summed E-state index contributed by atoms with van der Waals surface area (Å²) < 4.78 is 2.70. The molecule has 104 valence electrons. The maximum absolute atomic E-state index is 8.98. The van der Waals surface area contributed by atoms with E-state index in [1.165, 1.54) is 0 Å². The van der Waals surface area contributed by atoms with Gasteiger partial charge in [0.2, 0.25) is 0 Å². The highest BCUT2D eigenvalue weighted by molar-refractivity contribution is 14.1. The molecule has 0 atom stereocenters. The molecule has 0 aliphatic heterocycles. The van der Waals surface area contributed by atoms with Gasteiger partial charge >= 0.3 is 0 Å². The smallest absolute Gasteiger partial charge is 0.141 e. The lowest BCUT2D eigenvalue weighted by Crippen LogP contribution is -2.10. The number of aromatic nitrogens is 2. The molecule has 0 amide bonds. The van der Waals surface area contributed by atoms with Gasteiger partial charge in [0.1, 0.15) is 5.82 Å². The molecule has 0 fully saturated rings. The molecular weight excluding hydrogens is 363 g/mol. The van der Waals surface area contributed by atoms with Crippen molar-refractivity contribution in [3.05, 3.63) is 39.1 Å². The van der Waals surface area contributed by atoms with Crippen molar-refractivity contribution in [3.8, 4) is 11.8 Å². The van der Waals surface area contributed by atoms with Gasteiger partial charge in [0.05, 0.1) is 26.6 Å². The number of nitriles is 1. The Kier molecular flexibility index (Phi) is 4.04. The van der Waals surface area contributed by atoms with Crippen LogP contribution in [0.1, 0.15) is 32.0 Å². The molecule has 0 saturated heterocycles. The first-order valence-corrected chi connectivity index (χ1v) is 7.43. The van der Waals surface area contributed by atoms with Crippen LogP contribution in [0, 0.1) is 20.3 Å². The molecule has 0 spiro atoms. The molecule has 0 unspecified atom stereocenters. The van der Waals surface area contributed by atoms with Gasteiger partial charge in [-0.2, -0.15) is 10.4 Å². The maximum Gasteiger partial charge on any atom is 0.141 e. The summed E-state index contributed by atoms with van der Waals surface area (Å²) in [4.78, 5) is 0. The van der Waals surface area contributed by atoms with Crippen molar-refractivity contribution in [1.29, 1.82) is 5.26 Å². The molecular formula is C15H17IN4. The zero-order valence-corrected chi connectivity index (χ0v) is 14.0. The Morgan fingerprint density at radius 1 is 1.40 bits per heavy atom. The summed E-state index contributed by atoms with van der Waals surface area (Å²) in [5.41, 5.74) is 8.73. The summed E-state index contributed by atoms with van der Waals surface area (Å²) in [5, 5.41) is 13.6. The minimum atomic E-state index is 0.153. The van der Waals surface area contributed by atoms with Crippen molar-refractivity contribution < 1.29 is 0 Å². The fourth-order valence-electron chi connectivity index (χ4n) is 1.98. The minimum Gasteiger partial charge on any atom is -0.383 e. The number of hydrogen-bond acceptors (Lipinski definition) is 3. The summed E-state index contributed by atoms with van der Waals surface area (Å²) in [6.07, 6.45) is 0.862. The molecule has 0 saturated carbocycles. The number of benzene rings is 1. The molecule has 2 N–H and O–H groups in total. The van der Waals surface area contributed by atoms with Crippen molar-refractivity contribution in [2.75, 3.05) is 5.73 Å². The van der Waals surface area contributed by atoms with E-state index in [1.807, 2.05) is 12.1 Å². The lowest BCUT2D eigenvalue weighted by Gasteiger charge is -2.16. The van der Waals surface area contributed by atoms with Gasteiger partial charge in [-0.1, -0.05) is 26.8 Å². The average molecular weight is 380 g/mol. The summed E-state index contributed by atoms with van der Waals surface area (Å²) in [5.74, 6) is 0.625. The van der Waals surface area contributed by atoms with Crippen LogP contribution in [0.15, 0.2) is 24.3 Å². The van der Waals surface area contributed by atoms with E-state index in [4.69, 9.17) is 11.0 Å². The monoisotopic (exact) mass is 380 g/mol. The Balaban J connectivity index is 2.48. The predicted molar refractivity (Wildman–Crippen MR) is 88.6 cm³/mol. The molecule has 4 nitrogen and oxygen atoms in total. The Morgan fingerprint density at radius 2 is 2.10 bits per heavy atom. The van der Waals surface area contributed by atoms with E-state index in [1.54, 1.807) is 16.8 Å². The van der Waals surface area contributed by atoms with E-state index in [0.717, 1.165) is 21.4 Å².